The average Bonchev–Trinajstić information content (AvgIpc) is 3.47. The van der Waals surface area contributed by atoms with Crippen LogP contribution >= 0.6 is 7.82 Å². The summed E-state index contributed by atoms with van der Waals surface area (Å²) >= 11 is 0. The predicted molar refractivity (Wildman–Crippen MR) is 197 cm³/mol. The summed E-state index contributed by atoms with van der Waals surface area (Å²) < 4.78 is 56.7. The van der Waals surface area contributed by atoms with Crippen LogP contribution in [0.4, 0.5) is 21.7 Å². The molecule has 1 unspecified atom stereocenters. The molecule has 5 rings (SSSR count). The van der Waals surface area contributed by atoms with Crippen molar-refractivity contribution in [2.45, 2.75) is 84.5 Å². The summed E-state index contributed by atoms with van der Waals surface area (Å²) in [6, 6.07) is 11.0. The minimum absolute atomic E-state index is 0.0112. The fraction of sp³-hybridized carbons (Fsp3) is 0.500. The Morgan fingerprint density at radius 1 is 1.06 bits per heavy atom. The first-order valence-corrected chi connectivity index (χ1v) is 18.8. The molecule has 0 saturated carbocycles. The van der Waals surface area contributed by atoms with Crippen LogP contribution in [0.2, 0.25) is 0 Å². The van der Waals surface area contributed by atoms with Gasteiger partial charge in [-0.15, -0.1) is 0 Å². The summed E-state index contributed by atoms with van der Waals surface area (Å²) in [6.07, 6.45) is 3.57. The number of fused-ring (bicyclic) bond motifs is 1. The number of carbonyl (C=O) groups excluding carboxylic acids is 1. The number of carbonyl (C=O) groups is 1. The number of nitrogens with one attached hydrogen (secondary N) is 3. The van der Waals surface area contributed by atoms with E-state index in [-0.39, 0.29) is 18.4 Å². The van der Waals surface area contributed by atoms with Crippen LogP contribution in [0.3, 0.4) is 0 Å². The van der Waals surface area contributed by atoms with Crippen molar-refractivity contribution in [1.82, 2.24) is 25.1 Å². The molecule has 3 N–H and O–H groups in total. The molecular formula is C36H49FN7O7P. The number of halogens is 1. The van der Waals surface area contributed by atoms with Gasteiger partial charge in [0.2, 0.25) is 5.91 Å². The molecule has 52 heavy (non-hydrogen) atoms. The van der Waals surface area contributed by atoms with Crippen LogP contribution in [-0.2, 0) is 29.4 Å². The number of rotatable bonds is 15. The Kier molecular flexibility index (Phi) is 12.5. The van der Waals surface area contributed by atoms with E-state index in [4.69, 9.17) is 23.0 Å². The maximum absolute atomic E-state index is 13.6. The molecule has 2 aromatic heterocycles. The van der Waals surface area contributed by atoms with Crippen molar-refractivity contribution in [3.05, 3.63) is 60.3 Å². The summed E-state index contributed by atoms with van der Waals surface area (Å²) in [5, 5.41) is 13.6. The van der Waals surface area contributed by atoms with Gasteiger partial charge in [-0.25, -0.2) is 18.9 Å². The number of piperidine rings is 1. The van der Waals surface area contributed by atoms with Gasteiger partial charge in [0, 0.05) is 42.0 Å². The highest BCUT2D eigenvalue weighted by atomic mass is 31.2. The van der Waals surface area contributed by atoms with Gasteiger partial charge in [0.1, 0.15) is 18.0 Å². The van der Waals surface area contributed by atoms with E-state index in [1.165, 1.54) is 24.5 Å². The molecule has 0 spiro atoms. The Balaban J connectivity index is 1.15. The number of amides is 1. The van der Waals surface area contributed by atoms with E-state index in [1.807, 2.05) is 41.5 Å². The number of H-pyrrole nitrogens is 1. The summed E-state index contributed by atoms with van der Waals surface area (Å²) in [4.78, 5) is 23.6. The number of ether oxygens (including phenoxy) is 2. The topological polar surface area (TPSA) is 162 Å². The highest BCUT2D eigenvalue weighted by Crippen LogP contribution is 2.56. The first-order chi connectivity index (χ1) is 24.6. The van der Waals surface area contributed by atoms with Crippen molar-refractivity contribution in [1.29, 1.82) is 0 Å². The van der Waals surface area contributed by atoms with Crippen molar-refractivity contribution >= 4 is 42.0 Å². The molecule has 282 valence electrons. The molecule has 1 amide bonds. The van der Waals surface area contributed by atoms with Crippen molar-refractivity contribution in [2.24, 2.45) is 0 Å². The monoisotopic (exact) mass is 741 g/mol. The number of nitrogens with zero attached hydrogens (tertiary/aromatic N) is 4. The fourth-order valence-corrected chi connectivity index (χ4v) is 7.71. The second kappa shape index (κ2) is 16.7. The normalized spacial score (nSPS) is 15.8. The lowest BCUT2D eigenvalue weighted by Gasteiger charge is -2.37. The molecule has 0 bridgehead atoms. The second-order valence-corrected chi connectivity index (χ2v) is 16.1. The number of hydrogen-bond donors (Lipinski definition) is 3. The maximum Gasteiger partial charge on any atom is 0.476 e. The number of hydrogen-bond acceptors (Lipinski definition) is 12. The van der Waals surface area contributed by atoms with E-state index < -0.39 is 24.8 Å². The number of aromatic amines is 1. The molecule has 4 aromatic rings. The first kappa shape index (κ1) is 39.1. The average molecular weight is 742 g/mol. The summed E-state index contributed by atoms with van der Waals surface area (Å²) in [6.45, 7) is 13.7. The van der Waals surface area contributed by atoms with Crippen LogP contribution in [0, 0.1) is 5.82 Å². The number of anilines is 3. The zero-order valence-corrected chi connectivity index (χ0v) is 31.7. The van der Waals surface area contributed by atoms with E-state index in [9.17, 15) is 13.8 Å². The molecule has 1 aliphatic rings. The third-order valence-corrected chi connectivity index (χ3v) is 9.74. The quantitative estimate of drug-likeness (QED) is 0.0818. The number of phosphoric acid groups is 1. The van der Waals surface area contributed by atoms with E-state index in [2.05, 4.69) is 35.7 Å². The Labute approximate surface area is 303 Å². The fourth-order valence-electron chi connectivity index (χ4n) is 5.71. The molecule has 14 nitrogen and oxygen atoms in total. The largest absolute Gasteiger partial charge is 0.493 e. The van der Waals surface area contributed by atoms with Crippen LogP contribution in [-0.4, -0.2) is 81.6 Å². The van der Waals surface area contributed by atoms with Crippen LogP contribution in [0.25, 0.3) is 10.9 Å². The van der Waals surface area contributed by atoms with Gasteiger partial charge in [-0.05, 0) is 91.6 Å². The van der Waals surface area contributed by atoms with Gasteiger partial charge in [0.25, 0.3) is 0 Å². The minimum atomic E-state index is -3.81. The molecule has 1 atom stereocenters. The van der Waals surface area contributed by atoms with Crippen LogP contribution in [0.15, 0.2) is 48.8 Å². The Morgan fingerprint density at radius 3 is 2.54 bits per heavy atom. The van der Waals surface area contributed by atoms with Gasteiger partial charge in [0.15, 0.2) is 17.3 Å². The summed E-state index contributed by atoms with van der Waals surface area (Å²) in [7, 11) is -2.24. The number of methoxy groups -OCH3 is 1. The SMILES string of the molecule is COc1cc2c(Nc3cc(CC(=O)Nc4cccc(F)c4)[nH]n3)ncnc2cc1OCCCN1CCCC(OP(=O)(OC(C)(C)C)OC(C)(C)C)C1. The number of aromatic nitrogens is 4. The van der Waals surface area contributed by atoms with Gasteiger partial charge in [-0.1, -0.05) is 6.07 Å². The molecule has 3 heterocycles. The lowest BCUT2D eigenvalue weighted by Crippen LogP contribution is -2.40. The third kappa shape index (κ3) is 11.7. The molecule has 0 radical (unpaired) electrons. The lowest BCUT2D eigenvalue weighted by atomic mass is 10.1. The van der Waals surface area contributed by atoms with Crippen molar-refractivity contribution in [3.63, 3.8) is 0 Å². The van der Waals surface area contributed by atoms with Crippen LogP contribution in [0.1, 0.15) is 66.5 Å². The molecule has 1 fully saturated rings. The van der Waals surface area contributed by atoms with Gasteiger partial charge in [-0.3, -0.25) is 23.5 Å². The predicted octanol–water partition coefficient (Wildman–Crippen LogP) is 7.41. The van der Waals surface area contributed by atoms with Gasteiger partial charge in [-0.2, -0.15) is 5.10 Å². The van der Waals surface area contributed by atoms with E-state index in [0.717, 1.165) is 32.4 Å². The molecular weight excluding hydrogens is 692 g/mol. The number of phosphoric ester groups is 1. The highest BCUT2D eigenvalue weighted by Gasteiger charge is 2.40. The molecule has 2 aromatic carbocycles. The van der Waals surface area contributed by atoms with Crippen LogP contribution in [0.5, 0.6) is 11.5 Å². The van der Waals surface area contributed by atoms with E-state index in [1.54, 1.807) is 31.4 Å². The zero-order chi connectivity index (χ0) is 37.5. The molecule has 0 aliphatic carbocycles. The summed E-state index contributed by atoms with van der Waals surface area (Å²) in [5.41, 5.74) is 0.170. The molecule has 16 heteroatoms. The smallest absolute Gasteiger partial charge is 0.476 e. The molecule has 1 saturated heterocycles. The highest BCUT2D eigenvalue weighted by molar-refractivity contribution is 7.48. The number of benzene rings is 2. The maximum atomic E-state index is 13.6. The lowest BCUT2D eigenvalue weighted by molar-refractivity contribution is -0.115. The standard InChI is InChI=1S/C36H49FN7O7P/c1-35(2,3)50-52(46,51-36(4,5)6)49-27-13-9-14-44(22-27)15-10-16-48-31-21-29-28(20-30(31)47-7)34(39-23-38-29)41-32-18-26(42-43-32)19-33(45)40-25-12-8-11-24(37)17-25/h8,11-12,17-18,20-21,23,27H,9-10,13-16,19,22H2,1-7H3,(H,40,45)(H2,38,39,41,42,43). The Hall–Kier alpha value is -4.14. The Bertz CT molecular complexity index is 1860. The molecule has 1 aliphatic heterocycles. The van der Waals surface area contributed by atoms with Crippen molar-refractivity contribution in [2.75, 3.05) is 44.0 Å². The van der Waals surface area contributed by atoms with E-state index in [0.29, 0.717) is 58.6 Å². The first-order valence-electron chi connectivity index (χ1n) is 17.3. The van der Waals surface area contributed by atoms with E-state index >= 15 is 0 Å². The van der Waals surface area contributed by atoms with Gasteiger partial charge < -0.3 is 25.0 Å². The Morgan fingerprint density at radius 2 is 1.83 bits per heavy atom. The summed E-state index contributed by atoms with van der Waals surface area (Å²) in [5.74, 6) is 1.25. The number of likely N-dealkylation sites (tertiary alicyclic amines) is 1. The zero-order valence-electron chi connectivity index (χ0n) is 30.8. The van der Waals surface area contributed by atoms with Gasteiger partial charge >= 0.3 is 7.82 Å². The van der Waals surface area contributed by atoms with Crippen LogP contribution < -0.4 is 20.1 Å². The minimum Gasteiger partial charge on any atom is -0.493 e. The second-order valence-electron chi connectivity index (χ2n) is 14.6. The van der Waals surface area contributed by atoms with Gasteiger partial charge in [0.05, 0.1) is 43.0 Å². The van der Waals surface area contributed by atoms with Crippen molar-refractivity contribution in [3.8, 4) is 11.5 Å². The third-order valence-electron chi connectivity index (χ3n) is 7.65. The van der Waals surface area contributed by atoms with Crippen molar-refractivity contribution < 1.29 is 36.8 Å².